The molecule has 1 aliphatic heterocycles. The quantitative estimate of drug-likeness (QED) is 0.817. The summed E-state index contributed by atoms with van der Waals surface area (Å²) < 4.78 is 18.5. The summed E-state index contributed by atoms with van der Waals surface area (Å²) in [5, 5.41) is 2.70. The van der Waals surface area contributed by atoms with Crippen molar-refractivity contribution < 1.29 is 18.7 Å². The van der Waals surface area contributed by atoms with Crippen LogP contribution in [0.5, 0.6) is 0 Å². The minimum Gasteiger partial charge on any atom is -0.383 e. The van der Waals surface area contributed by atoms with Gasteiger partial charge in [-0.05, 0) is 12.1 Å². The van der Waals surface area contributed by atoms with Crippen molar-refractivity contribution in [2.45, 2.75) is 6.42 Å². The monoisotopic (exact) mass is 280 g/mol. The molecule has 5 nitrogen and oxygen atoms in total. The number of carbonyl (C=O) groups excluding carboxylic acids is 2. The van der Waals surface area contributed by atoms with Crippen LogP contribution in [-0.2, 0) is 14.3 Å². The minimum atomic E-state index is -0.457. The second-order valence-corrected chi connectivity index (χ2v) is 4.64. The Kier molecular flexibility index (Phi) is 4.68. The van der Waals surface area contributed by atoms with E-state index in [2.05, 4.69) is 5.32 Å². The molecule has 0 bridgehead atoms. The summed E-state index contributed by atoms with van der Waals surface area (Å²) >= 11 is 0. The highest BCUT2D eigenvalue weighted by Crippen LogP contribution is 2.27. The third-order valence-corrected chi connectivity index (χ3v) is 3.24. The molecule has 1 N–H and O–H groups in total. The molecule has 6 heteroatoms. The van der Waals surface area contributed by atoms with Gasteiger partial charge in [-0.1, -0.05) is 12.1 Å². The molecule has 1 atom stereocenters. The number of hydrogen-bond donors (Lipinski definition) is 1. The molecule has 2 amide bonds. The van der Waals surface area contributed by atoms with Crippen LogP contribution in [0.1, 0.15) is 6.42 Å². The zero-order valence-electron chi connectivity index (χ0n) is 11.3. The van der Waals surface area contributed by atoms with Crippen LogP contribution < -0.4 is 10.2 Å². The zero-order chi connectivity index (χ0) is 14.5. The van der Waals surface area contributed by atoms with E-state index in [1.165, 1.54) is 11.0 Å². The first-order chi connectivity index (χ1) is 9.63. The molecule has 20 heavy (non-hydrogen) atoms. The van der Waals surface area contributed by atoms with Crippen LogP contribution in [0, 0.1) is 11.7 Å². The van der Waals surface area contributed by atoms with Crippen LogP contribution in [-0.4, -0.2) is 38.6 Å². The number of halogens is 1. The Morgan fingerprint density at radius 3 is 2.95 bits per heavy atom. The first-order valence-electron chi connectivity index (χ1n) is 6.45. The first kappa shape index (κ1) is 14.5. The number of ether oxygens (including phenoxy) is 1. The van der Waals surface area contributed by atoms with E-state index in [0.717, 1.165) is 0 Å². The minimum absolute atomic E-state index is 0.104. The molecule has 1 heterocycles. The summed E-state index contributed by atoms with van der Waals surface area (Å²) in [5.74, 6) is -1.34. The number of rotatable bonds is 5. The van der Waals surface area contributed by atoms with Gasteiger partial charge in [-0.15, -0.1) is 0 Å². The average Bonchev–Trinajstić information content (AvgIpc) is 2.81. The number of nitrogens with zero attached hydrogens (tertiary/aromatic N) is 1. The maximum Gasteiger partial charge on any atom is 0.227 e. The van der Waals surface area contributed by atoms with Gasteiger partial charge in [-0.3, -0.25) is 9.59 Å². The number of nitrogens with one attached hydrogen (secondary N) is 1. The molecule has 1 aromatic rings. The fourth-order valence-electron chi connectivity index (χ4n) is 2.21. The molecule has 0 aromatic heterocycles. The second-order valence-electron chi connectivity index (χ2n) is 4.64. The Bertz CT molecular complexity index is 507. The van der Waals surface area contributed by atoms with Crippen LogP contribution in [0.2, 0.25) is 0 Å². The zero-order valence-corrected chi connectivity index (χ0v) is 11.3. The van der Waals surface area contributed by atoms with Crippen molar-refractivity contribution in [3.63, 3.8) is 0 Å². The number of hydrogen-bond acceptors (Lipinski definition) is 3. The number of carbonyl (C=O) groups is 2. The SMILES string of the molecule is COCCNC(=O)[C@@H]1CC(=O)N(c2ccccc2F)C1. The van der Waals surface area contributed by atoms with Gasteiger partial charge in [0.25, 0.3) is 0 Å². The van der Waals surface area contributed by atoms with Gasteiger partial charge in [0.2, 0.25) is 11.8 Å². The van der Waals surface area contributed by atoms with Gasteiger partial charge in [0.1, 0.15) is 5.82 Å². The average molecular weight is 280 g/mol. The van der Waals surface area contributed by atoms with Crippen LogP contribution in [0.4, 0.5) is 10.1 Å². The van der Waals surface area contributed by atoms with E-state index < -0.39 is 11.7 Å². The van der Waals surface area contributed by atoms with E-state index in [-0.39, 0.29) is 30.5 Å². The summed E-state index contributed by atoms with van der Waals surface area (Å²) in [5.41, 5.74) is 0.227. The van der Waals surface area contributed by atoms with E-state index in [9.17, 15) is 14.0 Å². The van der Waals surface area contributed by atoms with Gasteiger partial charge in [-0.2, -0.15) is 0 Å². The summed E-state index contributed by atoms with van der Waals surface area (Å²) in [7, 11) is 1.55. The highest BCUT2D eigenvalue weighted by Gasteiger charge is 2.35. The maximum atomic E-state index is 13.7. The fraction of sp³-hybridized carbons (Fsp3) is 0.429. The Labute approximate surface area is 116 Å². The molecule has 0 spiro atoms. The van der Waals surface area contributed by atoms with Crippen molar-refractivity contribution in [2.24, 2.45) is 5.92 Å². The number of benzene rings is 1. The predicted molar refractivity (Wildman–Crippen MR) is 71.7 cm³/mol. The Morgan fingerprint density at radius 2 is 2.25 bits per heavy atom. The molecular weight excluding hydrogens is 263 g/mol. The number of para-hydroxylation sites is 1. The molecule has 108 valence electrons. The van der Waals surface area contributed by atoms with Gasteiger partial charge in [0.05, 0.1) is 18.2 Å². The fourth-order valence-corrected chi connectivity index (χ4v) is 2.21. The highest BCUT2D eigenvalue weighted by atomic mass is 19.1. The molecule has 0 saturated carbocycles. The van der Waals surface area contributed by atoms with Crippen molar-refractivity contribution in [1.82, 2.24) is 5.32 Å². The van der Waals surface area contributed by atoms with E-state index >= 15 is 0 Å². The summed E-state index contributed by atoms with van der Waals surface area (Å²) in [4.78, 5) is 25.1. The van der Waals surface area contributed by atoms with Gasteiger partial charge in [0.15, 0.2) is 0 Å². The lowest BCUT2D eigenvalue weighted by Crippen LogP contribution is -2.34. The first-order valence-corrected chi connectivity index (χ1v) is 6.45. The van der Waals surface area contributed by atoms with Crippen LogP contribution >= 0.6 is 0 Å². The van der Waals surface area contributed by atoms with E-state index in [1.807, 2.05) is 0 Å². The molecule has 1 saturated heterocycles. The molecule has 1 fully saturated rings. The summed E-state index contributed by atoms with van der Waals surface area (Å²) in [6.45, 7) is 1.03. The smallest absolute Gasteiger partial charge is 0.227 e. The molecular formula is C14H17FN2O3. The highest BCUT2D eigenvalue weighted by molar-refractivity contribution is 6.00. The molecule has 1 aliphatic rings. The van der Waals surface area contributed by atoms with Crippen LogP contribution in [0.3, 0.4) is 0 Å². The standard InChI is InChI=1S/C14H17FN2O3/c1-20-7-6-16-14(19)10-8-13(18)17(9-10)12-5-3-2-4-11(12)15/h2-5,10H,6-9H2,1H3,(H,16,19)/t10-/m1/s1. The topological polar surface area (TPSA) is 58.6 Å². The number of anilines is 1. The summed E-state index contributed by atoms with van der Waals surface area (Å²) in [6.07, 6.45) is 0.104. The van der Waals surface area contributed by atoms with Gasteiger partial charge in [-0.25, -0.2) is 4.39 Å². The summed E-state index contributed by atoms with van der Waals surface area (Å²) in [6, 6.07) is 6.07. The Hall–Kier alpha value is -1.95. The van der Waals surface area contributed by atoms with Crippen molar-refractivity contribution in [3.8, 4) is 0 Å². The molecule has 0 radical (unpaired) electrons. The van der Waals surface area contributed by atoms with E-state index in [4.69, 9.17) is 4.74 Å². The maximum absolute atomic E-state index is 13.7. The number of amides is 2. The van der Waals surface area contributed by atoms with Crippen molar-refractivity contribution in [1.29, 1.82) is 0 Å². The third-order valence-electron chi connectivity index (χ3n) is 3.24. The van der Waals surface area contributed by atoms with Crippen LogP contribution in [0.15, 0.2) is 24.3 Å². The molecule has 0 aliphatic carbocycles. The lowest BCUT2D eigenvalue weighted by Gasteiger charge is -2.17. The van der Waals surface area contributed by atoms with Crippen LogP contribution in [0.25, 0.3) is 0 Å². The van der Waals surface area contributed by atoms with Gasteiger partial charge < -0.3 is 15.0 Å². The lowest BCUT2D eigenvalue weighted by molar-refractivity contribution is -0.126. The second kappa shape index (κ2) is 6.47. The molecule has 1 aromatic carbocycles. The van der Waals surface area contributed by atoms with Gasteiger partial charge in [0, 0.05) is 26.6 Å². The molecule has 0 unspecified atom stereocenters. The Morgan fingerprint density at radius 1 is 1.50 bits per heavy atom. The lowest BCUT2D eigenvalue weighted by atomic mass is 10.1. The van der Waals surface area contributed by atoms with E-state index in [0.29, 0.717) is 13.2 Å². The molecule has 2 rings (SSSR count). The van der Waals surface area contributed by atoms with E-state index in [1.54, 1.807) is 25.3 Å². The third kappa shape index (κ3) is 3.14. The Balaban J connectivity index is 2.00. The van der Waals surface area contributed by atoms with Gasteiger partial charge >= 0.3 is 0 Å². The normalized spacial score (nSPS) is 18.4. The largest absolute Gasteiger partial charge is 0.383 e. The van der Waals surface area contributed by atoms with Crippen molar-refractivity contribution >= 4 is 17.5 Å². The predicted octanol–water partition coefficient (Wildman–Crippen LogP) is 0.941. The number of methoxy groups -OCH3 is 1. The van der Waals surface area contributed by atoms with Crippen molar-refractivity contribution in [3.05, 3.63) is 30.1 Å². The van der Waals surface area contributed by atoms with Crippen molar-refractivity contribution in [2.75, 3.05) is 31.7 Å².